The van der Waals surface area contributed by atoms with E-state index in [9.17, 15) is 4.79 Å². The number of benzene rings is 2. The fraction of sp³-hybridized carbons (Fsp3) is 0.158. The fourth-order valence-electron chi connectivity index (χ4n) is 2.73. The van der Waals surface area contributed by atoms with Crippen molar-refractivity contribution in [3.05, 3.63) is 58.8 Å². The molecule has 2 heterocycles. The van der Waals surface area contributed by atoms with Crippen LogP contribution >= 0.6 is 0 Å². The zero-order valence-corrected chi connectivity index (χ0v) is 14.1. The number of para-hydroxylation sites is 1. The molecular formula is C19H16N4O3. The molecule has 0 atom stereocenters. The Kier molecular flexibility index (Phi) is 4.18. The summed E-state index contributed by atoms with van der Waals surface area (Å²) < 4.78 is 11.8. The zero-order chi connectivity index (χ0) is 17.9. The van der Waals surface area contributed by atoms with E-state index in [1.807, 2.05) is 31.2 Å². The van der Waals surface area contributed by atoms with Gasteiger partial charge in [0, 0.05) is 11.6 Å². The largest absolute Gasteiger partial charge is 0.493 e. The van der Waals surface area contributed by atoms with Crippen LogP contribution in [0.1, 0.15) is 13.3 Å². The van der Waals surface area contributed by atoms with Gasteiger partial charge in [0.2, 0.25) is 0 Å². The number of nitrogens with zero attached hydrogens (tertiary/aromatic N) is 3. The summed E-state index contributed by atoms with van der Waals surface area (Å²) in [5, 5.41) is 14.1. The van der Waals surface area contributed by atoms with Crippen LogP contribution in [-0.4, -0.2) is 27.2 Å². The van der Waals surface area contributed by atoms with Gasteiger partial charge in [0.15, 0.2) is 11.3 Å². The van der Waals surface area contributed by atoms with E-state index >= 15 is 0 Å². The number of hydrogen-bond donors (Lipinski definition) is 1. The van der Waals surface area contributed by atoms with E-state index < -0.39 is 0 Å². The summed E-state index contributed by atoms with van der Waals surface area (Å²) in [6.45, 7) is 2.64. The van der Waals surface area contributed by atoms with Crippen LogP contribution in [0.2, 0.25) is 0 Å². The average molecular weight is 348 g/mol. The van der Waals surface area contributed by atoms with Gasteiger partial charge in [-0.1, -0.05) is 19.1 Å². The first-order valence-corrected chi connectivity index (χ1v) is 8.30. The zero-order valence-electron chi connectivity index (χ0n) is 14.1. The van der Waals surface area contributed by atoms with Gasteiger partial charge in [0.05, 0.1) is 17.6 Å². The van der Waals surface area contributed by atoms with Gasteiger partial charge in [0.1, 0.15) is 17.1 Å². The molecule has 0 saturated heterocycles. The standard InChI is InChI=1S/C19H16N4O3/c1-2-9-25-16-6-4-3-5-13(16)18-11-15(24)14-10-12(7-8-17(14)26-18)19-20-22-23-21-19/h3-8,10-11H,2,9H2,1H3,(H,20,21,22,23). The van der Waals surface area contributed by atoms with Gasteiger partial charge in [0.25, 0.3) is 0 Å². The Morgan fingerprint density at radius 1 is 1.15 bits per heavy atom. The van der Waals surface area contributed by atoms with Crippen molar-refractivity contribution in [1.82, 2.24) is 20.6 Å². The number of fused-ring (bicyclic) bond motifs is 1. The minimum atomic E-state index is -0.138. The quantitative estimate of drug-likeness (QED) is 0.594. The van der Waals surface area contributed by atoms with Crippen molar-refractivity contribution in [3.8, 4) is 28.5 Å². The number of hydrogen-bond acceptors (Lipinski definition) is 6. The molecular weight excluding hydrogens is 332 g/mol. The van der Waals surface area contributed by atoms with Gasteiger partial charge >= 0.3 is 0 Å². The maximum absolute atomic E-state index is 12.7. The molecule has 2 aromatic heterocycles. The van der Waals surface area contributed by atoms with Crippen molar-refractivity contribution in [1.29, 1.82) is 0 Å². The van der Waals surface area contributed by atoms with E-state index in [1.54, 1.807) is 18.2 Å². The highest BCUT2D eigenvalue weighted by atomic mass is 16.5. The monoisotopic (exact) mass is 348 g/mol. The second kappa shape index (κ2) is 6.79. The van der Waals surface area contributed by atoms with E-state index in [0.717, 1.165) is 12.0 Å². The first-order valence-electron chi connectivity index (χ1n) is 8.30. The molecule has 0 bridgehead atoms. The van der Waals surface area contributed by atoms with Crippen LogP contribution in [0, 0.1) is 0 Å². The first kappa shape index (κ1) is 16.0. The van der Waals surface area contributed by atoms with Gasteiger partial charge in [-0.3, -0.25) is 4.79 Å². The van der Waals surface area contributed by atoms with Gasteiger partial charge in [-0.05, 0) is 47.2 Å². The van der Waals surface area contributed by atoms with E-state index in [0.29, 0.717) is 40.5 Å². The second-order valence-corrected chi connectivity index (χ2v) is 5.78. The lowest BCUT2D eigenvalue weighted by atomic mass is 10.1. The van der Waals surface area contributed by atoms with E-state index in [4.69, 9.17) is 9.15 Å². The predicted molar refractivity (Wildman–Crippen MR) is 96.9 cm³/mol. The normalized spacial score (nSPS) is 11.0. The molecule has 0 aliphatic heterocycles. The third-order valence-corrected chi connectivity index (χ3v) is 3.96. The molecule has 2 aromatic carbocycles. The highest BCUT2D eigenvalue weighted by Crippen LogP contribution is 2.31. The molecule has 1 N–H and O–H groups in total. The van der Waals surface area contributed by atoms with Gasteiger partial charge in [-0.25, -0.2) is 5.10 Å². The van der Waals surface area contributed by atoms with Crippen molar-refractivity contribution in [3.63, 3.8) is 0 Å². The Balaban J connectivity index is 1.82. The van der Waals surface area contributed by atoms with E-state index in [1.165, 1.54) is 6.07 Å². The molecule has 7 heteroatoms. The lowest BCUT2D eigenvalue weighted by Crippen LogP contribution is -2.02. The number of aromatic nitrogens is 4. The summed E-state index contributed by atoms with van der Waals surface area (Å²) in [5.74, 6) is 1.66. The van der Waals surface area contributed by atoms with Crippen molar-refractivity contribution >= 4 is 11.0 Å². The highest BCUT2D eigenvalue weighted by molar-refractivity contribution is 5.83. The van der Waals surface area contributed by atoms with Gasteiger partial charge < -0.3 is 9.15 Å². The number of aromatic amines is 1. The van der Waals surface area contributed by atoms with Crippen molar-refractivity contribution in [2.45, 2.75) is 13.3 Å². The number of H-pyrrole nitrogens is 1. The molecule has 4 aromatic rings. The summed E-state index contributed by atoms with van der Waals surface area (Å²) >= 11 is 0. The molecule has 26 heavy (non-hydrogen) atoms. The minimum Gasteiger partial charge on any atom is -0.493 e. The van der Waals surface area contributed by atoms with Crippen LogP contribution in [0.3, 0.4) is 0 Å². The SMILES string of the molecule is CCCOc1ccccc1-c1cc(=O)c2cc(-c3nnn[nH]3)ccc2o1. The van der Waals surface area contributed by atoms with Crippen molar-refractivity contribution < 1.29 is 9.15 Å². The third-order valence-electron chi connectivity index (χ3n) is 3.96. The van der Waals surface area contributed by atoms with E-state index in [-0.39, 0.29) is 5.43 Å². The number of ether oxygens (including phenoxy) is 1. The molecule has 130 valence electrons. The second-order valence-electron chi connectivity index (χ2n) is 5.78. The Morgan fingerprint density at radius 3 is 2.85 bits per heavy atom. The maximum Gasteiger partial charge on any atom is 0.193 e. The minimum absolute atomic E-state index is 0.138. The van der Waals surface area contributed by atoms with Crippen molar-refractivity contribution in [2.75, 3.05) is 6.61 Å². The molecule has 0 fully saturated rings. The maximum atomic E-state index is 12.7. The Morgan fingerprint density at radius 2 is 2.04 bits per heavy atom. The Bertz CT molecular complexity index is 1100. The van der Waals surface area contributed by atoms with Crippen LogP contribution in [0.25, 0.3) is 33.7 Å². The smallest absolute Gasteiger partial charge is 0.193 e. The third kappa shape index (κ3) is 2.95. The van der Waals surface area contributed by atoms with E-state index in [2.05, 4.69) is 20.6 Å². The lowest BCUT2D eigenvalue weighted by molar-refractivity contribution is 0.318. The van der Waals surface area contributed by atoms with Crippen molar-refractivity contribution in [2.24, 2.45) is 0 Å². The molecule has 4 rings (SSSR count). The molecule has 0 radical (unpaired) electrons. The first-order chi connectivity index (χ1) is 12.8. The Hall–Kier alpha value is -3.48. The van der Waals surface area contributed by atoms with Crippen LogP contribution in [0.5, 0.6) is 5.75 Å². The predicted octanol–water partition coefficient (Wildman–Crippen LogP) is 3.43. The Labute approximate surface area is 148 Å². The number of nitrogens with one attached hydrogen (secondary N) is 1. The summed E-state index contributed by atoms with van der Waals surface area (Å²) in [4.78, 5) is 12.7. The van der Waals surface area contributed by atoms with Crippen LogP contribution in [0.4, 0.5) is 0 Å². The highest BCUT2D eigenvalue weighted by Gasteiger charge is 2.13. The fourth-order valence-corrected chi connectivity index (χ4v) is 2.73. The number of rotatable bonds is 5. The average Bonchev–Trinajstić information content (AvgIpc) is 3.21. The molecule has 0 unspecified atom stereocenters. The summed E-state index contributed by atoms with van der Waals surface area (Å²) in [7, 11) is 0. The summed E-state index contributed by atoms with van der Waals surface area (Å²) in [6.07, 6.45) is 0.898. The topological polar surface area (TPSA) is 93.9 Å². The molecule has 7 nitrogen and oxygen atoms in total. The summed E-state index contributed by atoms with van der Waals surface area (Å²) in [6, 6.07) is 14.3. The summed E-state index contributed by atoms with van der Waals surface area (Å²) in [5.41, 5.74) is 1.83. The number of tetrazole rings is 1. The van der Waals surface area contributed by atoms with Crippen LogP contribution in [0.15, 0.2) is 57.7 Å². The van der Waals surface area contributed by atoms with Gasteiger partial charge in [-0.2, -0.15) is 0 Å². The molecule has 0 saturated carbocycles. The van der Waals surface area contributed by atoms with Gasteiger partial charge in [-0.15, -0.1) is 5.10 Å². The molecule has 0 aliphatic rings. The molecule has 0 aliphatic carbocycles. The molecule has 0 spiro atoms. The lowest BCUT2D eigenvalue weighted by Gasteiger charge is -2.10. The van der Waals surface area contributed by atoms with Crippen LogP contribution < -0.4 is 10.2 Å². The molecule has 0 amide bonds. The van der Waals surface area contributed by atoms with Crippen LogP contribution in [-0.2, 0) is 0 Å².